The highest BCUT2D eigenvalue weighted by molar-refractivity contribution is 9.10. The molecule has 1 aliphatic carbocycles. The number of rotatable bonds is 3. The molecule has 20 heavy (non-hydrogen) atoms. The van der Waals surface area contributed by atoms with Crippen LogP contribution in [0.1, 0.15) is 32.3 Å². The number of hydrogen-bond acceptors (Lipinski definition) is 2. The van der Waals surface area contributed by atoms with Crippen LogP contribution in [0.15, 0.2) is 22.7 Å². The third-order valence-electron chi connectivity index (χ3n) is 4.43. The van der Waals surface area contributed by atoms with Gasteiger partial charge in [-0.3, -0.25) is 4.90 Å². The molecule has 1 heterocycles. The van der Waals surface area contributed by atoms with Crippen LogP contribution in [0.5, 0.6) is 0 Å². The maximum Gasteiger partial charge on any atom is 0.137 e. The summed E-state index contributed by atoms with van der Waals surface area (Å²) in [6, 6.07) is 5.92. The van der Waals surface area contributed by atoms with E-state index in [0.29, 0.717) is 10.5 Å². The van der Waals surface area contributed by atoms with Crippen molar-refractivity contribution in [2.45, 2.75) is 44.8 Å². The molecule has 4 heteroatoms. The minimum absolute atomic E-state index is 0.130. The van der Waals surface area contributed by atoms with Crippen LogP contribution < -0.4 is 5.32 Å². The molecule has 3 rings (SSSR count). The molecule has 1 saturated heterocycles. The Hall–Kier alpha value is -0.450. The van der Waals surface area contributed by atoms with Gasteiger partial charge in [0.1, 0.15) is 5.82 Å². The van der Waals surface area contributed by atoms with Crippen molar-refractivity contribution < 1.29 is 4.39 Å². The summed E-state index contributed by atoms with van der Waals surface area (Å²) >= 11 is 3.39. The van der Waals surface area contributed by atoms with E-state index in [-0.39, 0.29) is 11.4 Å². The van der Waals surface area contributed by atoms with E-state index in [0.717, 1.165) is 31.1 Å². The van der Waals surface area contributed by atoms with Crippen LogP contribution in [0.3, 0.4) is 0 Å². The fraction of sp³-hybridized carbons (Fsp3) is 0.625. The van der Waals surface area contributed by atoms with Crippen LogP contribution in [0, 0.1) is 11.7 Å². The van der Waals surface area contributed by atoms with Gasteiger partial charge in [-0.1, -0.05) is 12.1 Å². The lowest BCUT2D eigenvalue weighted by Crippen LogP contribution is -2.61. The molecule has 1 aliphatic heterocycles. The quantitative estimate of drug-likeness (QED) is 0.905. The van der Waals surface area contributed by atoms with Gasteiger partial charge in [0, 0.05) is 31.2 Å². The summed E-state index contributed by atoms with van der Waals surface area (Å²) < 4.78 is 14.3. The summed E-state index contributed by atoms with van der Waals surface area (Å²) in [5.74, 6) is 0.658. The fourth-order valence-corrected chi connectivity index (χ4v) is 3.59. The van der Waals surface area contributed by atoms with Gasteiger partial charge < -0.3 is 5.32 Å². The Kier molecular flexibility index (Phi) is 3.91. The molecule has 2 aliphatic rings. The first kappa shape index (κ1) is 14.5. The van der Waals surface area contributed by atoms with E-state index in [2.05, 4.69) is 40.0 Å². The Morgan fingerprint density at radius 2 is 2.15 bits per heavy atom. The molecular formula is C16H22BrFN2. The maximum atomic E-state index is 13.7. The van der Waals surface area contributed by atoms with Gasteiger partial charge >= 0.3 is 0 Å². The van der Waals surface area contributed by atoms with Crippen molar-refractivity contribution in [1.29, 1.82) is 0 Å². The molecule has 0 aromatic heterocycles. The zero-order chi connectivity index (χ0) is 14.3. The van der Waals surface area contributed by atoms with Crippen molar-refractivity contribution in [3.05, 3.63) is 34.1 Å². The maximum absolute atomic E-state index is 13.7. The van der Waals surface area contributed by atoms with E-state index in [1.807, 2.05) is 6.07 Å². The molecule has 0 amide bonds. The Labute approximate surface area is 128 Å². The molecule has 1 N–H and O–H groups in total. The lowest BCUT2D eigenvalue weighted by molar-refractivity contribution is 0.0757. The number of nitrogens with zero attached hydrogens (tertiary/aromatic N) is 1. The SMILES string of the molecule is CC1(C)CN(Cc2cccc(F)c2Br)C(C2CC2)CN1. The molecule has 0 bridgehead atoms. The summed E-state index contributed by atoms with van der Waals surface area (Å²) in [5, 5.41) is 3.64. The number of piperazine rings is 1. The molecule has 1 saturated carbocycles. The molecule has 2 nitrogen and oxygen atoms in total. The van der Waals surface area contributed by atoms with Gasteiger partial charge in [0.15, 0.2) is 0 Å². The molecule has 110 valence electrons. The lowest BCUT2D eigenvalue weighted by atomic mass is 9.96. The van der Waals surface area contributed by atoms with Crippen LogP contribution in [-0.4, -0.2) is 29.6 Å². The highest BCUT2D eigenvalue weighted by Gasteiger charge is 2.40. The molecule has 2 fully saturated rings. The Balaban J connectivity index is 1.80. The standard InChI is InChI=1S/C16H22BrFN2/c1-16(2)10-20(14(8-19-16)11-6-7-11)9-12-4-3-5-13(18)15(12)17/h3-5,11,14,19H,6-10H2,1-2H3. The third kappa shape index (κ3) is 3.07. The van der Waals surface area contributed by atoms with Gasteiger partial charge in [-0.2, -0.15) is 0 Å². The largest absolute Gasteiger partial charge is 0.309 e. The zero-order valence-electron chi connectivity index (χ0n) is 12.1. The first-order chi connectivity index (χ1) is 9.46. The van der Waals surface area contributed by atoms with Gasteiger partial charge in [0.05, 0.1) is 4.47 Å². The number of benzene rings is 1. The number of halogens is 2. The van der Waals surface area contributed by atoms with Gasteiger partial charge in [0.2, 0.25) is 0 Å². The monoisotopic (exact) mass is 340 g/mol. The fourth-order valence-electron chi connectivity index (χ4n) is 3.20. The van der Waals surface area contributed by atoms with E-state index in [1.165, 1.54) is 18.9 Å². The van der Waals surface area contributed by atoms with E-state index in [9.17, 15) is 4.39 Å². The van der Waals surface area contributed by atoms with E-state index >= 15 is 0 Å². The topological polar surface area (TPSA) is 15.3 Å². The van der Waals surface area contributed by atoms with Crippen molar-refractivity contribution >= 4 is 15.9 Å². The Morgan fingerprint density at radius 3 is 2.85 bits per heavy atom. The Bertz CT molecular complexity index is 499. The average Bonchev–Trinajstić information content (AvgIpc) is 3.18. The normalized spacial score (nSPS) is 26.7. The highest BCUT2D eigenvalue weighted by atomic mass is 79.9. The van der Waals surface area contributed by atoms with Crippen molar-refractivity contribution in [2.24, 2.45) is 5.92 Å². The van der Waals surface area contributed by atoms with Crippen LogP contribution in [0.25, 0.3) is 0 Å². The third-order valence-corrected chi connectivity index (χ3v) is 5.32. The van der Waals surface area contributed by atoms with Gasteiger partial charge in [-0.15, -0.1) is 0 Å². The van der Waals surface area contributed by atoms with Crippen molar-refractivity contribution in [1.82, 2.24) is 10.2 Å². The Morgan fingerprint density at radius 1 is 1.40 bits per heavy atom. The van der Waals surface area contributed by atoms with E-state index in [1.54, 1.807) is 6.07 Å². The van der Waals surface area contributed by atoms with Crippen LogP contribution in [0.2, 0.25) is 0 Å². The number of hydrogen-bond donors (Lipinski definition) is 1. The molecular weight excluding hydrogens is 319 g/mol. The number of nitrogens with one attached hydrogen (secondary N) is 1. The first-order valence-electron chi connectivity index (χ1n) is 7.38. The van der Waals surface area contributed by atoms with Gasteiger partial charge in [0.25, 0.3) is 0 Å². The van der Waals surface area contributed by atoms with Crippen LogP contribution in [-0.2, 0) is 6.54 Å². The van der Waals surface area contributed by atoms with Crippen molar-refractivity contribution in [3.8, 4) is 0 Å². The zero-order valence-corrected chi connectivity index (χ0v) is 13.7. The van der Waals surface area contributed by atoms with E-state index < -0.39 is 0 Å². The highest BCUT2D eigenvalue weighted by Crippen LogP contribution is 2.38. The molecule has 1 atom stereocenters. The molecule has 1 aromatic carbocycles. The smallest absolute Gasteiger partial charge is 0.137 e. The second kappa shape index (κ2) is 5.39. The second-order valence-electron chi connectivity index (χ2n) is 6.79. The van der Waals surface area contributed by atoms with Crippen molar-refractivity contribution in [3.63, 3.8) is 0 Å². The van der Waals surface area contributed by atoms with E-state index in [4.69, 9.17) is 0 Å². The van der Waals surface area contributed by atoms with Crippen LogP contribution in [0.4, 0.5) is 4.39 Å². The molecule has 1 unspecified atom stereocenters. The predicted octanol–water partition coefficient (Wildman–Crippen LogP) is 3.55. The summed E-state index contributed by atoms with van der Waals surface area (Å²) in [5.41, 5.74) is 1.18. The predicted molar refractivity (Wildman–Crippen MR) is 83.1 cm³/mol. The molecule has 0 radical (unpaired) electrons. The summed E-state index contributed by atoms with van der Waals surface area (Å²) in [6.07, 6.45) is 2.68. The minimum atomic E-state index is -0.167. The summed E-state index contributed by atoms with van der Waals surface area (Å²) in [6.45, 7) is 7.36. The van der Waals surface area contributed by atoms with Gasteiger partial charge in [-0.05, 0) is 60.2 Å². The molecule has 0 spiro atoms. The summed E-state index contributed by atoms with van der Waals surface area (Å²) in [7, 11) is 0. The van der Waals surface area contributed by atoms with Crippen LogP contribution >= 0.6 is 15.9 Å². The minimum Gasteiger partial charge on any atom is -0.309 e. The average molecular weight is 341 g/mol. The van der Waals surface area contributed by atoms with Crippen molar-refractivity contribution in [2.75, 3.05) is 13.1 Å². The molecule has 1 aromatic rings. The second-order valence-corrected chi connectivity index (χ2v) is 7.58. The summed E-state index contributed by atoms with van der Waals surface area (Å²) in [4.78, 5) is 2.54. The first-order valence-corrected chi connectivity index (χ1v) is 8.17. The lowest BCUT2D eigenvalue weighted by Gasteiger charge is -2.45. The van der Waals surface area contributed by atoms with Gasteiger partial charge in [-0.25, -0.2) is 4.39 Å².